The van der Waals surface area contributed by atoms with Gasteiger partial charge in [-0.1, -0.05) is 17.7 Å². The first-order valence-corrected chi connectivity index (χ1v) is 7.02. The van der Waals surface area contributed by atoms with Gasteiger partial charge >= 0.3 is 0 Å². The predicted octanol–water partition coefficient (Wildman–Crippen LogP) is 4.61. The SMILES string of the molecule is O=C(C=Cc1ccc([N+](=O)[O-])cc1)[c-]1cccc1.[Fe].[cH-]1[cH-][cH-][cH-][cH-]1. The third-order valence-electron chi connectivity index (χ3n) is 3.03. The number of nitrogens with zero attached hydrogens (tertiary/aromatic N) is 1. The summed E-state index contributed by atoms with van der Waals surface area (Å²) < 4.78 is 0. The summed E-state index contributed by atoms with van der Waals surface area (Å²) in [5.74, 6) is -0.0849. The molecule has 0 radical (unpaired) electrons. The van der Waals surface area contributed by atoms with Crippen LogP contribution in [0.2, 0.25) is 0 Å². The number of allylic oxidation sites excluding steroid dienone is 1. The van der Waals surface area contributed by atoms with Crippen molar-refractivity contribution < 1.29 is 26.8 Å². The van der Waals surface area contributed by atoms with Crippen molar-refractivity contribution in [3.05, 3.63) is 106 Å². The van der Waals surface area contributed by atoms with Gasteiger partial charge in [-0.2, -0.15) is 12.1 Å². The molecule has 0 saturated heterocycles. The molecule has 0 aliphatic rings. The minimum absolute atomic E-state index is 0. The van der Waals surface area contributed by atoms with Gasteiger partial charge in [-0.15, -0.1) is 12.1 Å². The van der Waals surface area contributed by atoms with Gasteiger partial charge in [0.1, 0.15) is 5.78 Å². The Labute approximate surface area is 150 Å². The van der Waals surface area contributed by atoms with Crippen molar-refractivity contribution >= 4 is 17.5 Å². The van der Waals surface area contributed by atoms with Gasteiger partial charge in [0.05, 0.1) is 4.92 Å². The normalized spacial score (nSPS) is 9.67. The van der Waals surface area contributed by atoms with Crippen molar-refractivity contribution in [1.29, 1.82) is 0 Å². The molecule has 0 aliphatic carbocycles. The van der Waals surface area contributed by atoms with Crippen molar-refractivity contribution in [2.75, 3.05) is 0 Å². The van der Waals surface area contributed by atoms with Gasteiger partial charge in [0.25, 0.3) is 5.69 Å². The largest absolute Gasteiger partial charge is 0.748 e. The number of benzene rings is 1. The molecule has 0 atom stereocenters. The minimum Gasteiger partial charge on any atom is -0.748 e. The number of carbonyl (C=O) groups excluding carboxylic acids is 1. The zero-order valence-corrected chi connectivity index (χ0v) is 13.8. The Hall–Kier alpha value is -2.75. The third-order valence-corrected chi connectivity index (χ3v) is 3.03. The second-order valence-corrected chi connectivity index (χ2v) is 4.68. The predicted molar refractivity (Wildman–Crippen MR) is 90.5 cm³/mol. The van der Waals surface area contributed by atoms with Gasteiger partial charge < -0.3 is 35.1 Å². The fourth-order valence-electron chi connectivity index (χ4n) is 1.83. The molecule has 5 heteroatoms. The van der Waals surface area contributed by atoms with Crippen molar-refractivity contribution in [2.24, 2.45) is 0 Å². The second-order valence-electron chi connectivity index (χ2n) is 4.68. The van der Waals surface area contributed by atoms with E-state index in [0.717, 1.165) is 5.56 Å². The minimum atomic E-state index is -0.456. The Balaban J connectivity index is 0.000000412. The number of ketones is 1. The summed E-state index contributed by atoms with van der Waals surface area (Å²) in [7, 11) is 0. The van der Waals surface area contributed by atoms with E-state index in [2.05, 4.69) is 0 Å². The molecule has 0 heterocycles. The first kappa shape index (κ1) is 19.3. The summed E-state index contributed by atoms with van der Waals surface area (Å²) >= 11 is 0. The number of non-ortho nitro benzene ring substituents is 1. The first-order valence-electron chi connectivity index (χ1n) is 7.02. The van der Waals surface area contributed by atoms with Gasteiger partial charge in [0, 0.05) is 29.2 Å². The molecule has 0 fully saturated rings. The maximum atomic E-state index is 11.7. The van der Waals surface area contributed by atoms with E-state index in [0.29, 0.717) is 5.56 Å². The molecule has 3 aromatic carbocycles. The summed E-state index contributed by atoms with van der Waals surface area (Å²) in [6.07, 6.45) is 3.09. The molecule has 0 aromatic heterocycles. The molecular formula is C19H15FeNO3-6. The van der Waals surface area contributed by atoms with Crippen LogP contribution in [0.5, 0.6) is 0 Å². The van der Waals surface area contributed by atoms with E-state index in [9.17, 15) is 14.9 Å². The van der Waals surface area contributed by atoms with Gasteiger partial charge in [-0.3, -0.25) is 10.1 Å². The smallest absolute Gasteiger partial charge is 0.269 e. The molecule has 0 saturated carbocycles. The molecule has 0 aliphatic heterocycles. The van der Waals surface area contributed by atoms with Crippen LogP contribution in [0.4, 0.5) is 5.69 Å². The molecule has 0 spiro atoms. The number of hydrogen-bond donors (Lipinski definition) is 0. The van der Waals surface area contributed by atoms with Crippen LogP contribution in [0.15, 0.2) is 84.9 Å². The Bertz CT molecular complexity index is 740. The van der Waals surface area contributed by atoms with Crippen LogP contribution in [0.1, 0.15) is 15.9 Å². The monoisotopic (exact) mass is 361 g/mol. The van der Waals surface area contributed by atoms with Crippen LogP contribution in [0.25, 0.3) is 6.08 Å². The molecule has 0 unspecified atom stereocenters. The number of carbonyl (C=O) groups is 1. The third kappa shape index (κ3) is 6.16. The van der Waals surface area contributed by atoms with Gasteiger partial charge in [0.15, 0.2) is 0 Å². The number of nitro groups is 1. The van der Waals surface area contributed by atoms with E-state index >= 15 is 0 Å². The molecule has 0 amide bonds. The summed E-state index contributed by atoms with van der Waals surface area (Å²) in [6.45, 7) is 0. The first-order chi connectivity index (χ1) is 11.2. The Morgan fingerprint density at radius 1 is 1.00 bits per heavy atom. The van der Waals surface area contributed by atoms with Crippen LogP contribution < -0.4 is 0 Å². The van der Waals surface area contributed by atoms with Crippen molar-refractivity contribution in [1.82, 2.24) is 0 Å². The standard InChI is InChI=1S/C14H10NO3.C5H5.Fe/c16-14(12-3-1-2-4-12)10-7-11-5-8-13(9-6-11)15(17)18;1-2-4-5-3-1;/h1-10H;1-5H;/q-1;-5;. The van der Waals surface area contributed by atoms with E-state index < -0.39 is 4.92 Å². The zero-order chi connectivity index (χ0) is 16.5. The molecule has 3 aromatic rings. The molecule has 24 heavy (non-hydrogen) atoms. The topological polar surface area (TPSA) is 60.2 Å². The van der Waals surface area contributed by atoms with Gasteiger partial charge in [0.2, 0.25) is 0 Å². The van der Waals surface area contributed by atoms with Crippen LogP contribution in [0.3, 0.4) is 0 Å². The fourth-order valence-corrected chi connectivity index (χ4v) is 1.83. The summed E-state index contributed by atoms with van der Waals surface area (Å²) in [5.41, 5.74) is 1.42. The van der Waals surface area contributed by atoms with Crippen LogP contribution in [-0.4, -0.2) is 10.7 Å². The van der Waals surface area contributed by atoms with Crippen LogP contribution >= 0.6 is 0 Å². The molecular weight excluding hydrogens is 346 g/mol. The zero-order valence-electron chi connectivity index (χ0n) is 12.7. The van der Waals surface area contributed by atoms with E-state index in [1.807, 2.05) is 30.3 Å². The van der Waals surface area contributed by atoms with E-state index in [4.69, 9.17) is 0 Å². The summed E-state index contributed by atoms with van der Waals surface area (Å²) in [6, 6.07) is 23.1. The van der Waals surface area contributed by atoms with Gasteiger partial charge in [-0.25, -0.2) is 0 Å². The van der Waals surface area contributed by atoms with Crippen molar-refractivity contribution in [2.45, 2.75) is 0 Å². The van der Waals surface area contributed by atoms with E-state index in [1.54, 1.807) is 42.5 Å². The molecule has 4 nitrogen and oxygen atoms in total. The Morgan fingerprint density at radius 3 is 1.96 bits per heavy atom. The Morgan fingerprint density at radius 2 is 1.50 bits per heavy atom. The average molecular weight is 361 g/mol. The molecule has 3 rings (SSSR count). The van der Waals surface area contributed by atoms with Crippen molar-refractivity contribution in [3.8, 4) is 0 Å². The average Bonchev–Trinajstić information content (AvgIpc) is 3.28. The molecule has 0 N–H and O–H groups in total. The summed E-state index contributed by atoms with van der Waals surface area (Å²) in [4.78, 5) is 21.7. The van der Waals surface area contributed by atoms with Crippen LogP contribution in [-0.2, 0) is 17.1 Å². The van der Waals surface area contributed by atoms with Crippen LogP contribution in [0, 0.1) is 10.1 Å². The van der Waals surface area contributed by atoms with E-state index in [1.165, 1.54) is 18.2 Å². The second kappa shape index (κ2) is 10.1. The summed E-state index contributed by atoms with van der Waals surface area (Å²) in [5, 5.41) is 10.5. The van der Waals surface area contributed by atoms with E-state index in [-0.39, 0.29) is 28.5 Å². The van der Waals surface area contributed by atoms with Gasteiger partial charge in [-0.05, 0) is 17.7 Å². The number of nitro benzene ring substituents is 1. The number of hydrogen-bond acceptors (Lipinski definition) is 3. The molecule has 0 bridgehead atoms. The maximum Gasteiger partial charge on any atom is 0.269 e. The Kier molecular flexibility index (Phi) is 8.12. The fraction of sp³-hybridized carbons (Fsp3) is 0. The maximum absolute atomic E-state index is 11.7. The quantitative estimate of drug-likeness (QED) is 0.170. The molecule has 128 valence electrons. The number of rotatable bonds is 4. The van der Waals surface area contributed by atoms with Crippen molar-refractivity contribution in [3.63, 3.8) is 0 Å².